The van der Waals surface area contributed by atoms with Crippen molar-refractivity contribution in [2.45, 2.75) is 6.92 Å². The number of thiophene rings is 1. The molecule has 0 fully saturated rings. The van der Waals surface area contributed by atoms with Gasteiger partial charge >= 0.3 is 0 Å². The zero-order valence-corrected chi connectivity index (χ0v) is 8.17. The average Bonchev–Trinajstić information content (AvgIpc) is 2.31. The van der Waals surface area contributed by atoms with Gasteiger partial charge in [0, 0.05) is 15.5 Å². The van der Waals surface area contributed by atoms with Gasteiger partial charge in [0.25, 0.3) is 0 Å². The second kappa shape index (κ2) is 2.64. The van der Waals surface area contributed by atoms with Gasteiger partial charge in [-0.15, -0.1) is 11.3 Å². The van der Waals surface area contributed by atoms with Gasteiger partial charge in [0.1, 0.15) is 0 Å². The molecule has 0 spiro atoms. The van der Waals surface area contributed by atoms with E-state index in [0.29, 0.717) is 0 Å². The van der Waals surface area contributed by atoms with Crippen LogP contribution in [0.1, 0.15) is 5.56 Å². The highest BCUT2D eigenvalue weighted by atomic mass is 35.5. The van der Waals surface area contributed by atoms with Crippen LogP contribution in [0, 0.1) is 6.92 Å². The van der Waals surface area contributed by atoms with Gasteiger partial charge in [-0.25, -0.2) is 0 Å². The summed E-state index contributed by atoms with van der Waals surface area (Å²) in [5.41, 5.74) is 7.71. The Balaban J connectivity index is 2.93. The molecule has 0 aliphatic carbocycles. The predicted molar refractivity (Wildman–Crippen MR) is 56.0 cm³/mol. The van der Waals surface area contributed by atoms with E-state index in [4.69, 9.17) is 17.3 Å². The number of halogens is 1. The molecule has 0 saturated carbocycles. The van der Waals surface area contributed by atoms with E-state index in [1.807, 2.05) is 18.4 Å². The molecule has 2 aromatic rings. The molecule has 2 rings (SSSR count). The van der Waals surface area contributed by atoms with Gasteiger partial charge in [-0.05, 0) is 24.6 Å². The van der Waals surface area contributed by atoms with Crippen molar-refractivity contribution in [3.05, 3.63) is 28.1 Å². The van der Waals surface area contributed by atoms with Gasteiger partial charge in [0.15, 0.2) is 0 Å². The molecule has 0 aliphatic heterocycles. The van der Waals surface area contributed by atoms with E-state index in [-0.39, 0.29) is 0 Å². The maximum Gasteiger partial charge on any atom is 0.0517 e. The fourth-order valence-electron chi connectivity index (χ4n) is 1.27. The van der Waals surface area contributed by atoms with Gasteiger partial charge in [-0.1, -0.05) is 11.6 Å². The Kier molecular flexibility index (Phi) is 1.74. The highest BCUT2D eigenvalue weighted by Crippen LogP contribution is 2.34. The number of hydrogen-bond acceptors (Lipinski definition) is 2. The first-order chi connectivity index (χ1) is 5.68. The summed E-state index contributed by atoms with van der Waals surface area (Å²) in [5.74, 6) is 0. The van der Waals surface area contributed by atoms with Crippen molar-refractivity contribution in [3.8, 4) is 0 Å². The minimum absolute atomic E-state index is 0.753. The summed E-state index contributed by atoms with van der Waals surface area (Å²) in [7, 11) is 0. The Morgan fingerprint density at radius 1 is 1.42 bits per heavy atom. The minimum Gasteiger partial charge on any atom is -0.398 e. The molecule has 1 nitrogen and oxygen atoms in total. The summed E-state index contributed by atoms with van der Waals surface area (Å²) >= 11 is 7.67. The number of aryl methyl sites for hydroxylation is 1. The van der Waals surface area contributed by atoms with Crippen molar-refractivity contribution < 1.29 is 0 Å². The molecule has 1 aromatic carbocycles. The fourth-order valence-corrected chi connectivity index (χ4v) is 2.68. The normalized spacial score (nSPS) is 10.8. The average molecular weight is 198 g/mol. The van der Waals surface area contributed by atoms with Crippen LogP contribution in [-0.4, -0.2) is 0 Å². The highest BCUT2D eigenvalue weighted by Gasteiger charge is 2.05. The molecule has 62 valence electrons. The Labute approximate surface area is 79.8 Å². The van der Waals surface area contributed by atoms with Crippen LogP contribution in [0.5, 0.6) is 0 Å². The molecular weight excluding hydrogens is 190 g/mol. The van der Waals surface area contributed by atoms with Gasteiger partial charge in [-0.3, -0.25) is 0 Å². The van der Waals surface area contributed by atoms with Crippen LogP contribution in [-0.2, 0) is 0 Å². The molecule has 0 unspecified atom stereocenters. The van der Waals surface area contributed by atoms with Crippen LogP contribution >= 0.6 is 22.9 Å². The molecule has 1 aromatic heterocycles. The maximum atomic E-state index is 6.04. The third-order valence-electron chi connectivity index (χ3n) is 1.80. The monoisotopic (exact) mass is 197 g/mol. The maximum absolute atomic E-state index is 6.04. The van der Waals surface area contributed by atoms with Crippen LogP contribution in [0.4, 0.5) is 5.69 Å². The molecule has 0 aliphatic rings. The molecule has 0 bridgehead atoms. The summed E-state index contributed by atoms with van der Waals surface area (Å²) < 4.78 is 1.16. The lowest BCUT2D eigenvalue weighted by atomic mass is 10.2. The van der Waals surface area contributed by atoms with E-state index < -0.39 is 0 Å². The number of anilines is 1. The molecule has 0 amide bonds. The number of nitrogens with two attached hydrogens (primary N) is 1. The molecule has 2 N–H and O–H groups in total. The summed E-state index contributed by atoms with van der Waals surface area (Å²) in [6.45, 7) is 2.03. The Hall–Kier alpha value is -0.730. The lowest BCUT2D eigenvalue weighted by molar-refractivity contribution is 1.52. The summed E-state index contributed by atoms with van der Waals surface area (Å²) in [4.78, 5) is 0. The van der Waals surface area contributed by atoms with Gasteiger partial charge in [-0.2, -0.15) is 0 Å². The van der Waals surface area contributed by atoms with Gasteiger partial charge in [0.2, 0.25) is 0 Å². The van der Waals surface area contributed by atoms with E-state index in [0.717, 1.165) is 20.8 Å². The molecule has 1 heterocycles. The second-order valence-corrected chi connectivity index (χ2v) is 4.13. The van der Waals surface area contributed by atoms with Crippen molar-refractivity contribution in [1.29, 1.82) is 0 Å². The zero-order valence-electron chi connectivity index (χ0n) is 6.60. The number of fused-ring (bicyclic) bond motifs is 1. The van der Waals surface area contributed by atoms with E-state index in [1.165, 1.54) is 5.56 Å². The first-order valence-corrected chi connectivity index (χ1v) is 4.87. The number of benzene rings is 1. The third kappa shape index (κ3) is 1.08. The molecule has 0 atom stereocenters. The van der Waals surface area contributed by atoms with Crippen LogP contribution < -0.4 is 5.73 Å². The smallest absolute Gasteiger partial charge is 0.0517 e. The molecular formula is C9H8ClNS. The van der Waals surface area contributed by atoms with Crippen LogP contribution in [0.3, 0.4) is 0 Å². The lowest BCUT2D eigenvalue weighted by Gasteiger charge is -1.97. The zero-order chi connectivity index (χ0) is 8.72. The molecule has 0 saturated heterocycles. The topological polar surface area (TPSA) is 26.0 Å². The number of nitrogen functional groups attached to an aromatic ring is 1. The highest BCUT2D eigenvalue weighted by molar-refractivity contribution is 7.18. The quantitative estimate of drug-likeness (QED) is 0.688. The fraction of sp³-hybridized carbons (Fsp3) is 0.111. The Morgan fingerprint density at radius 3 is 2.92 bits per heavy atom. The van der Waals surface area contributed by atoms with Crippen LogP contribution in [0.25, 0.3) is 10.1 Å². The number of rotatable bonds is 0. The number of hydrogen-bond donors (Lipinski definition) is 1. The van der Waals surface area contributed by atoms with Crippen LogP contribution in [0.2, 0.25) is 5.02 Å². The SMILES string of the molecule is Cc1cc(Cl)c2c(N)csc2c1. The summed E-state index contributed by atoms with van der Waals surface area (Å²) in [6, 6.07) is 4.04. The predicted octanol–water partition coefficient (Wildman–Crippen LogP) is 3.45. The molecule has 3 heteroatoms. The van der Waals surface area contributed by atoms with Crippen molar-refractivity contribution >= 4 is 38.7 Å². The Bertz CT molecular complexity index is 433. The van der Waals surface area contributed by atoms with Crippen molar-refractivity contribution in [2.75, 3.05) is 5.73 Å². The summed E-state index contributed by atoms with van der Waals surface area (Å²) in [5, 5.41) is 3.67. The second-order valence-electron chi connectivity index (χ2n) is 2.81. The first kappa shape index (κ1) is 7.90. The Morgan fingerprint density at radius 2 is 2.17 bits per heavy atom. The van der Waals surface area contributed by atoms with Gasteiger partial charge < -0.3 is 5.73 Å². The minimum atomic E-state index is 0.753. The standard InChI is InChI=1S/C9H8ClNS/c1-5-2-6(10)9-7(11)4-12-8(9)3-5/h2-4H,11H2,1H3. The van der Waals surface area contributed by atoms with Crippen molar-refractivity contribution in [3.63, 3.8) is 0 Å². The van der Waals surface area contributed by atoms with Gasteiger partial charge in [0.05, 0.1) is 10.7 Å². The molecule has 12 heavy (non-hydrogen) atoms. The van der Waals surface area contributed by atoms with Crippen molar-refractivity contribution in [2.24, 2.45) is 0 Å². The van der Waals surface area contributed by atoms with Crippen molar-refractivity contribution in [1.82, 2.24) is 0 Å². The van der Waals surface area contributed by atoms with E-state index in [1.54, 1.807) is 11.3 Å². The van der Waals surface area contributed by atoms with E-state index in [9.17, 15) is 0 Å². The van der Waals surface area contributed by atoms with E-state index in [2.05, 4.69) is 6.07 Å². The molecule has 0 radical (unpaired) electrons. The largest absolute Gasteiger partial charge is 0.398 e. The third-order valence-corrected chi connectivity index (χ3v) is 3.05. The first-order valence-electron chi connectivity index (χ1n) is 3.61. The summed E-state index contributed by atoms with van der Waals surface area (Å²) in [6.07, 6.45) is 0. The van der Waals surface area contributed by atoms with Crippen LogP contribution in [0.15, 0.2) is 17.5 Å². The lowest BCUT2D eigenvalue weighted by Crippen LogP contribution is -1.81. The van der Waals surface area contributed by atoms with E-state index >= 15 is 0 Å².